The molecule has 1 aromatic carbocycles. The van der Waals surface area contributed by atoms with Gasteiger partial charge in [0.25, 0.3) is 0 Å². The molecule has 3 N–H and O–H groups in total. The Kier molecular flexibility index (Phi) is 7.15. The maximum absolute atomic E-state index is 5.22. The van der Waals surface area contributed by atoms with Crippen molar-refractivity contribution in [3.63, 3.8) is 0 Å². The molecule has 0 amide bonds. The Labute approximate surface area is 115 Å². The molecule has 0 heterocycles. The maximum atomic E-state index is 5.22. The SMILES string of the molecule is CC(C)c1c[c-]c(/C=N/NC(N)=S)cc1.[Pd]. The van der Waals surface area contributed by atoms with Crippen molar-refractivity contribution in [2.24, 2.45) is 10.8 Å². The Hall–Kier alpha value is -0.758. The molecule has 0 atom stereocenters. The predicted molar refractivity (Wildman–Crippen MR) is 66.9 cm³/mol. The molecule has 3 nitrogen and oxygen atoms in total. The van der Waals surface area contributed by atoms with Gasteiger partial charge in [-0.15, -0.1) is 35.4 Å². The van der Waals surface area contributed by atoms with Gasteiger partial charge in [0.2, 0.25) is 0 Å². The maximum Gasteiger partial charge on any atom is 0.183 e. The van der Waals surface area contributed by atoms with Crippen molar-refractivity contribution in [3.8, 4) is 0 Å². The van der Waals surface area contributed by atoms with Crippen LogP contribution in [0.2, 0.25) is 0 Å². The van der Waals surface area contributed by atoms with Crippen LogP contribution in [0.15, 0.2) is 23.3 Å². The summed E-state index contributed by atoms with van der Waals surface area (Å²) in [6.07, 6.45) is 1.63. The zero-order valence-electron chi connectivity index (χ0n) is 9.14. The molecule has 0 saturated carbocycles. The average Bonchev–Trinajstić information content (AvgIpc) is 2.18. The second-order valence-electron chi connectivity index (χ2n) is 3.47. The number of nitrogens with two attached hydrogens (primary N) is 1. The van der Waals surface area contributed by atoms with Gasteiger partial charge in [-0.25, -0.2) is 5.10 Å². The van der Waals surface area contributed by atoms with Gasteiger partial charge in [-0.1, -0.05) is 19.8 Å². The van der Waals surface area contributed by atoms with Crippen LogP contribution in [-0.4, -0.2) is 11.3 Å². The Balaban J connectivity index is 0.00000225. The summed E-state index contributed by atoms with van der Waals surface area (Å²) in [5.41, 5.74) is 9.86. The first-order chi connectivity index (χ1) is 7.09. The monoisotopic (exact) mass is 326 g/mol. The van der Waals surface area contributed by atoms with Crippen molar-refractivity contribution in [2.75, 3.05) is 0 Å². The molecular formula is C11H14N3PdS-. The van der Waals surface area contributed by atoms with E-state index in [1.807, 2.05) is 12.1 Å². The van der Waals surface area contributed by atoms with Crippen molar-refractivity contribution in [1.82, 2.24) is 5.43 Å². The van der Waals surface area contributed by atoms with E-state index >= 15 is 0 Å². The topological polar surface area (TPSA) is 50.4 Å². The molecule has 0 aliphatic carbocycles. The van der Waals surface area contributed by atoms with Gasteiger partial charge < -0.3 is 5.73 Å². The molecule has 16 heavy (non-hydrogen) atoms. The molecule has 0 aliphatic rings. The van der Waals surface area contributed by atoms with Crippen LogP contribution in [-0.2, 0) is 20.4 Å². The van der Waals surface area contributed by atoms with E-state index in [1.54, 1.807) is 6.21 Å². The van der Waals surface area contributed by atoms with Crippen molar-refractivity contribution >= 4 is 23.5 Å². The average molecular weight is 327 g/mol. The van der Waals surface area contributed by atoms with Gasteiger partial charge in [-0.3, -0.25) is 5.43 Å². The molecule has 0 unspecified atom stereocenters. The van der Waals surface area contributed by atoms with Crippen LogP contribution >= 0.6 is 12.2 Å². The fraction of sp³-hybridized carbons (Fsp3) is 0.273. The first kappa shape index (κ1) is 15.2. The minimum absolute atomic E-state index is 0. The number of thiocarbonyl (C=S) groups is 1. The molecule has 90 valence electrons. The standard InChI is InChI=1S/C11H14N3S.Pd/c1-8(2)10-5-3-9(4-6-10)7-13-14-11(12)15;/h3,5-8H,1-2H3,(H3,12,14,15);/q-1;/b13-7+;. The summed E-state index contributed by atoms with van der Waals surface area (Å²) in [5, 5.41) is 4.00. The van der Waals surface area contributed by atoms with Gasteiger partial charge in [0.1, 0.15) is 0 Å². The Bertz CT molecular complexity index is 360. The second-order valence-corrected chi connectivity index (χ2v) is 3.91. The van der Waals surface area contributed by atoms with E-state index in [-0.39, 0.29) is 25.5 Å². The normalized spacial score (nSPS) is 10.2. The van der Waals surface area contributed by atoms with Crippen LogP contribution in [0.1, 0.15) is 30.9 Å². The van der Waals surface area contributed by atoms with Crippen molar-refractivity contribution in [1.29, 1.82) is 0 Å². The van der Waals surface area contributed by atoms with E-state index in [9.17, 15) is 0 Å². The van der Waals surface area contributed by atoms with Crippen LogP contribution in [0.3, 0.4) is 0 Å². The van der Waals surface area contributed by atoms with Gasteiger partial charge in [0.15, 0.2) is 5.11 Å². The summed E-state index contributed by atoms with van der Waals surface area (Å²) in [7, 11) is 0. The van der Waals surface area contributed by atoms with E-state index < -0.39 is 0 Å². The zero-order valence-corrected chi connectivity index (χ0v) is 11.5. The first-order valence-electron chi connectivity index (χ1n) is 4.69. The van der Waals surface area contributed by atoms with Crippen LogP contribution in [0, 0.1) is 6.07 Å². The summed E-state index contributed by atoms with van der Waals surface area (Å²) in [5.74, 6) is 0.516. The molecular weight excluding hydrogens is 313 g/mol. The minimum atomic E-state index is 0. The van der Waals surface area contributed by atoms with Crippen LogP contribution in [0.4, 0.5) is 0 Å². The molecule has 0 aliphatic heterocycles. The molecule has 1 rings (SSSR count). The number of nitrogens with one attached hydrogen (secondary N) is 1. The molecule has 0 saturated heterocycles. The summed E-state index contributed by atoms with van der Waals surface area (Å²) >= 11 is 4.61. The third-order valence-electron chi connectivity index (χ3n) is 1.91. The molecule has 0 fully saturated rings. The third kappa shape index (κ3) is 5.36. The summed E-state index contributed by atoms with van der Waals surface area (Å²) < 4.78 is 0. The van der Waals surface area contributed by atoms with Gasteiger partial charge in [0.05, 0.1) is 0 Å². The minimum Gasteiger partial charge on any atom is -0.375 e. The summed E-state index contributed by atoms with van der Waals surface area (Å²) in [6, 6.07) is 9.10. The fourth-order valence-corrected chi connectivity index (χ4v) is 1.11. The van der Waals surface area contributed by atoms with E-state index in [1.165, 1.54) is 5.56 Å². The Morgan fingerprint density at radius 3 is 2.69 bits per heavy atom. The third-order valence-corrected chi connectivity index (χ3v) is 2.00. The number of rotatable bonds is 3. The Morgan fingerprint density at radius 2 is 2.25 bits per heavy atom. The first-order valence-corrected chi connectivity index (χ1v) is 5.10. The molecule has 5 heteroatoms. The van der Waals surface area contributed by atoms with E-state index in [0.29, 0.717) is 5.92 Å². The number of hydrazone groups is 1. The predicted octanol–water partition coefficient (Wildman–Crippen LogP) is 1.77. The fourth-order valence-electron chi connectivity index (χ4n) is 1.05. The number of nitrogens with zero attached hydrogens (tertiary/aromatic N) is 1. The zero-order chi connectivity index (χ0) is 11.3. The van der Waals surface area contributed by atoms with E-state index in [0.717, 1.165) is 5.56 Å². The van der Waals surface area contributed by atoms with E-state index in [4.69, 9.17) is 5.73 Å². The largest absolute Gasteiger partial charge is 0.375 e. The molecule has 0 bridgehead atoms. The molecule has 0 aromatic heterocycles. The van der Waals surface area contributed by atoms with Crippen molar-refractivity contribution < 1.29 is 20.4 Å². The van der Waals surface area contributed by atoms with Crippen LogP contribution in [0.5, 0.6) is 0 Å². The molecule has 0 radical (unpaired) electrons. The van der Waals surface area contributed by atoms with Gasteiger partial charge >= 0.3 is 0 Å². The quantitative estimate of drug-likeness (QED) is 0.293. The molecule has 0 spiro atoms. The van der Waals surface area contributed by atoms with Gasteiger partial charge in [-0.05, 0) is 18.4 Å². The van der Waals surface area contributed by atoms with E-state index in [2.05, 4.69) is 48.7 Å². The van der Waals surface area contributed by atoms with Crippen LogP contribution < -0.4 is 11.2 Å². The number of benzene rings is 1. The van der Waals surface area contributed by atoms with Crippen LogP contribution in [0.25, 0.3) is 0 Å². The summed E-state index contributed by atoms with van der Waals surface area (Å²) in [4.78, 5) is 0. The van der Waals surface area contributed by atoms with Gasteiger partial charge in [0, 0.05) is 20.4 Å². The smallest absolute Gasteiger partial charge is 0.183 e. The second kappa shape index (κ2) is 7.50. The number of hydrogen-bond acceptors (Lipinski definition) is 2. The summed E-state index contributed by atoms with van der Waals surface area (Å²) in [6.45, 7) is 4.29. The van der Waals surface area contributed by atoms with Gasteiger partial charge in [-0.2, -0.15) is 0 Å². The molecule has 1 aromatic rings. The van der Waals surface area contributed by atoms with Crippen molar-refractivity contribution in [2.45, 2.75) is 19.8 Å². The Morgan fingerprint density at radius 1 is 1.56 bits per heavy atom. The number of hydrogen-bond donors (Lipinski definition) is 2. The van der Waals surface area contributed by atoms with Crippen molar-refractivity contribution in [3.05, 3.63) is 35.4 Å².